The summed E-state index contributed by atoms with van der Waals surface area (Å²) in [5.41, 5.74) is 3.51. The van der Waals surface area contributed by atoms with Gasteiger partial charge >= 0.3 is 0 Å². The van der Waals surface area contributed by atoms with Gasteiger partial charge in [0.1, 0.15) is 0 Å². The Morgan fingerprint density at radius 3 is 2.34 bits per heavy atom. The number of hydrogen-bond donors (Lipinski definition) is 1. The van der Waals surface area contributed by atoms with Crippen molar-refractivity contribution in [3.63, 3.8) is 0 Å². The van der Waals surface area contributed by atoms with Gasteiger partial charge in [-0.1, -0.05) is 36.4 Å². The molecule has 0 aromatic heterocycles. The van der Waals surface area contributed by atoms with Crippen molar-refractivity contribution < 1.29 is 19.4 Å². The van der Waals surface area contributed by atoms with Crippen LogP contribution < -0.4 is 9.64 Å². The van der Waals surface area contributed by atoms with Crippen LogP contribution in [0.25, 0.3) is 11.6 Å². The molecular weight excluding hydrogens is 366 g/mol. The van der Waals surface area contributed by atoms with E-state index in [-0.39, 0.29) is 11.7 Å². The normalized spacial score (nSPS) is 14.8. The van der Waals surface area contributed by atoms with E-state index in [0.717, 1.165) is 5.56 Å². The van der Waals surface area contributed by atoms with Gasteiger partial charge in [0, 0.05) is 11.1 Å². The van der Waals surface area contributed by atoms with Gasteiger partial charge in [-0.2, -0.15) is 0 Å². The van der Waals surface area contributed by atoms with Gasteiger partial charge in [-0.25, -0.2) is 4.90 Å². The summed E-state index contributed by atoms with van der Waals surface area (Å²) in [6.07, 6.45) is 1.68. The second kappa shape index (κ2) is 7.28. The Labute approximate surface area is 168 Å². The molecule has 0 bridgehead atoms. The summed E-state index contributed by atoms with van der Waals surface area (Å²) in [6, 6.07) is 19.2. The molecule has 5 heteroatoms. The highest BCUT2D eigenvalue weighted by molar-refractivity contribution is 6.43. The molecule has 3 aromatic carbocycles. The number of benzene rings is 3. The number of nitrogens with zero attached hydrogens (tertiary/aromatic N) is 1. The summed E-state index contributed by atoms with van der Waals surface area (Å²) in [7, 11) is 1.47. The van der Waals surface area contributed by atoms with E-state index in [1.54, 1.807) is 54.6 Å². The zero-order valence-corrected chi connectivity index (χ0v) is 16.0. The number of imide groups is 1. The fourth-order valence-corrected chi connectivity index (χ4v) is 3.46. The molecule has 0 saturated heterocycles. The standard InChI is InChI=1S/C24H19NO4/c1-15-6-5-7-17(12-15)25-23(27)19-9-4-3-8-18(19)20(24(25)28)13-16-10-11-22(29-2)21(26)14-16/h3-14,26H,1-2H3/b20-13-. The molecule has 1 aliphatic heterocycles. The molecule has 144 valence electrons. The van der Waals surface area contributed by atoms with Gasteiger partial charge < -0.3 is 9.84 Å². The molecule has 0 spiro atoms. The molecule has 1 N–H and O–H groups in total. The third kappa shape index (κ3) is 3.27. The van der Waals surface area contributed by atoms with E-state index in [2.05, 4.69) is 0 Å². The molecule has 0 unspecified atom stereocenters. The summed E-state index contributed by atoms with van der Waals surface area (Å²) < 4.78 is 5.08. The van der Waals surface area contributed by atoms with Crippen LogP contribution in [0.3, 0.4) is 0 Å². The lowest BCUT2D eigenvalue weighted by Crippen LogP contribution is -2.41. The number of aryl methyl sites for hydroxylation is 1. The Kier molecular flexibility index (Phi) is 4.64. The van der Waals surface area contributed by atoms with Crippen LogP contribution in [0.4, 0.5) is 5.69 Å². The minimum atomic E-state index is -0.408. The van der Waals surface area contributed by atoms with E-state index >= 15 is 0 Å². The number of phenols is 1. The van der Waals surface area contributed by atoms with Crippen LogP contribution in [-0.4, -0.2) is 24.0 Å². The van der Waals surface area contributed by atoms with Gasteiger partial charge in [-0.3, -0.25) is 9.59 Å². The van der Waals surface area contributed by atoms with Gasteiger partial charge in [0.25, 0.3) is 11.8 Å². The van der Waals surface area contributed by atoms with E-state index in [1.165, 1.54) is 18.1 Å². The van der Waals surface area contributed by atoms with Crippen molar-refractivity contribution in [3.05, 3.63) is 89.0 Å². The minimum absolute atomic E-state index is 0.0231. The molecule has 5 nitrogen and oxygen atoms in total. The zero-order chi connectivity index (χ0) is 20.5. The van der Waals surface area contributed by atoms with E-state index in [9.17, 15) is 14.7 Å². The summed E-state index contributed by atoms with van der Waals surface area (Å²) in [5.74, 6) is -0.440. The highest BCUT2D eigenvalue weighted by Crippen LogP contribution is 2.35. The first-order valence-corrected chi connectivity index (χ1v) is 9.13. The number of rotatable bonds is 3. The van der Waals surface area contributed by atoms with Crippen molar-refractivity contribution in [2.45, 2.75) is 6.92 Å². The van der Waals surface area contributed by atoms with Gasteiger partial charge in [-0.05, 0) is 60.0 Å². The van der Waals surface area contributed by atoms with E-state index in [0.29, 0.717) is 33.7 Å². The van der Waals surface area contributed by atoms with Gasteiger partial charge in [0.2, 0.25) is 0 Å². The third-order valence-corrected chi connectivity index (χ3v) is 4.86. The number of fused-ring (bicyclic) bond motifs is 1. The van der Waals surface area contributed by atoms with Crippen molar-refractivity contribution in [3.8, 4) is 11.5 Å². The lowest BCUT2D eigenvalue weighted by atomic mass is 9.91. The molecule has 1 heterocycles. The zero-order valence-electron chi connectivity index (χ0n) is 16.0. The molecule has 0 saturated carbocycles. The first-order valence-electron chi connectivity index (χ1n) is 9.13. The summed E-state index contributed by atoms with van der Waals surface area (Å²) in [6.45, 7) is 1.91. The lowest BCUT2D eigenvalue weighted by Gasteiger charge is -2.29. The van der Waals surface area contributed by atoms with Gasteiger partial charge in [-0.15, -0.1) is 0 Å². The third-order valence-electron chi connectivity index (χ3n) is 4.86. The number of ether oxygens (including phenoxy) is 1. The topological polar surface area (TPSA) is 66.8 Å². The molecule has 0 fully saturated rings. The van der Waals surface area contributed by atoms with E-state index in [1.807, 2.05) is 19.1 Å². The van der Waals surface area contributed by atoms with Crippen LogP contribution in [0.15, 0.2) is 66.7 Å². The Bertz CT molecular complexity index is 1160. The van der Waals surface area contributed by atoms with Crippen molar-refractivity contribution >= 4 is 29.2 Å². The van der Waals surface area contributed by atoms with E-state index < -0.39 is 5.91 Å². The van der Waals surface area contributed by atoms with Crippen molar-refractivity contribution in [1.29, 1.82) is 0 Å². The molecule has 1 aliphatic rings. The van der Waals surface area contributed by atoms with Crippen LogP contribution in [0.2, 0.25) is 0 Å². The largest absolute Gasteiger partial charge is 0.504 e. The smallest absolute Gasteiger partial charge is 0.265 e. The van der Waals surface area contributed by atoms with Crippen LogP contribution >= 0.6 is 0 Å². The number of amides is 2. The van der Waals surface area contributed by atoms with Crippen LogP contribution in [-0.2, 0) is 4.79 Å². The first-order chi connectivity index (χ1) is 14.0. The molecule has 4 rings (SSSR count). The van der Waals surface area contributed by atoms with Gasteiger partial charge in [0.05, 0.1) is 12.8 Å². The predicted octanol–water partition coefficient (Wildman–Crippen LogP) is 4.44. The SMILES string of the molecule is COc1ccc(/C=C2\C(=O)N(c3cccc(C)c3)C(=O)c3ccccc32)cc1O. The Hall–Kier alpha value is -3.86. The van der Waals surface area contributed by atoms with E-state index in [4.69, 9.17) is 4.74 Å². The number of aromatic hydroxyl groups is 1. The number of hydrogen-bond acceptors (Lipinski definition) is 4. The highest BCUT2D eigenvalue weighted by atomic mass is 16.5. The quantitative estimate of drug-likeness (QED) is 0.535. The Morgan fingerprint density at radius 2 is 1.66 bits per heavy atom. The summed E-state index contributed by atoms with van der Waals surface area (Å²) in [4.78, 5) is 27.7. The maximum Gasteiger partial charge on any atom is 0.265 e. The average molecular weight is 385 g/mol. The Morgan fingerprint density at radius 1 is 0.897 bits per heavy atom. The maximum absolute atomic E-state index is 13.4. The van der Waals surface area contributed by atoms with Crippen LogP contribution in [0.5, 0.6) is 11.5 Å². The van der Waals surface area contributed by atoms with Crippen molar-refractivity contribution in [1.82, 2.24) is 0 Å². The predicted molar refractivity (Wildman–Crippen MR) is 112 cm³/mol. The number of phenolic OH excluding ortho intramolecular Hbond substituents is 1. The second-order valence-electron chi connectivity index (χ2n) is 6.82. The molecule has 0 radical (unpaired) electrons. The lowest BCUT2D eigenvalue weighted by molar-refractivity contribution is -0.112. The van der Waals surface area contributed by atoms with Crippen LogP contribution in [0.1, 0.15) is 27.0 Å². The Balaban J connectivity index is 1.88. The molecule has 0 atom stereocenters. The monoisotopic (exact) mass is 385 g/mol. The minimum Gasteiger partial charge on any atom is -0.504 e. The van der Waals surface area contributed by atoms with Gasteiger partial charge in [0.15, 0.2) is 11.5 Å². The van der Waals surface area contributed by atoms with Crippen molar-refractivity contribution in [2.75, 3.05) is 12.0 Å². The fraction of sp³-hybridized carbons (Fsp3) is 0.0833. The summed E-state index contributed by atoms with van der Waals surface area (Å²) >= 11 is 0. The molecule has 29 heavy (non-hydrogen) atoms. The number of methoxy groups -OCH3 is 1. The fourth-order valence-electron chi connectivity index (χ4n) is 3.46. The molecule has 2 amide bonds. The molecular formula is C24H19NO4. The molecule has 0 aliphatic carbocycles. The summed E-state index contributed by atoms with van der Waals surface area (Å²) in [5, 5.41) is 10.1. The van der Waals surface area contributed by atoms with Crippen LogP contribution in [0, 0.1) is 6.92 Å². The van der Waals surface area contributed by atoms with Crippen molar-refractivity contribution in [2.24, 2.45) is 0 Å². The highest BCUT2D eigenvalue weighted by Gasteiger charge is 2.35. The number of carbonyl (C=O) groups is 2. The second-order valence-corrected chi connectivity index (χ2v) is 6.82. The maximum atomic E-state index is 13.4. The number of anilines is 1. The molecule has 3 aromatic rings. The number of carbonyl (C=O) groups excluding carboxylic acids is 2. The first kappa shape index (κ1) is 18.5. The average Bonchev–Trinajstić information content (AvgIpc) is 2.71.